The van der Waals surface area contributed by atoms with Crippen molar-refractivity contribution in [3.63, 3.8) is 0 Å². The third-order valence-electron chi connectivity index (χ3n) is 3.69. The molecule has 0 radical (unpaired) electrons. The first-order valence-corrected chi connectivity index (χ1v) is 7.13. The normalized spacial score (nSPS) is 10.9. The maximum absolute atomic E-state index is 11.9. The van der Waals surface area contributed by atoms with E-state index in [-0.39, 0.29) is 5.91 Å². The molecule has 0 saturated carbocycles. The third kappa shape index (κ3) is 3.32. The van der Waals surface area contributed by atoms with Gasteiger partial charge in [0.25, 0.3) is 5.91 Å². The topological polar surface area (TPSA) is 73.0 Å². The van der Waals surface area contributed by atoms with Crippen LogP contribution in [0.25, 0.3) is 0 Å². The zero-order valence-corrected chi connectivity index (χ0v) is 13.3. The molecule has 2 aromatic heterocycles. The van der Waals surface area contributed by atoms with Crippen molar-refractivity contribution >= 4 is 5.91 Å². The summed E-state index contributed by atoms with van der Waals surface area (Å²) in [6.07, 6.45) is 0.819. The van der Waals surface area contributed by atoms with E-state index in [1.54, 1.807) is 13.8 Å². The quantitative estimate of drug-likeness (QED) is 0.857. The number of carbonyl (C=O) groups excluding carboxylic acids is 1. The van der Waals surface area contributed by atoms with Crippen molar-refractivity contribution in [2.45, 2.75) is 47.6 Å². The fraction of sp³-hybridized carbons (Fsp3) is 0.533. The monoisotopic (exact) mass is 290 g/mol. The molecule has 0 aliphatic rings. The number of nitrogens with zero attached hydrogens (tertiary/aromatic N) is 3. The van der Waals surface area contributed by atoms with Gasteiger partial charge in [-0.2, -0.15) is 5.10 Å². The van der Waals surface area contributed by atoms with Crippen LogP contribution in [0.2, 0.25) is 0 Å². The summed E-state index contributed by atoms with van der Waals surface area (Å²) in [5.74, 6) is 0.600. The Labute approximate surface area is 124 Å². The molecule has 0 spiro atoms. The van der Waals surface area contributed by atoms with Crippen molar-refractivity contribution in [1.29, 1.82) is 0 Å². The minimum absolute atomic E-state index is 0.211. The smallest absolute Gasteiger partial charge is 0.289 e. The molecule has 0 saturated heterocycles. The number of aromatic nitrogens is 3. The van der Waals surface area contributed by atoms with Gasteiger partial charge in [0.15, 0.2) is 5.89 Å². The van der Waals surface area contributed by atoms with Crippen LogP contribution in [0.1, 0.15) is 45.5 Å². The number of carbonyl (C=O) groups is 1. The molecule has 0 aliphatic heterocycles. The molecule has 114 valence electrons. The number of oxazole rings is 1. The molecule has 0 atom stereocenters. The highest BCUT2D eigenvalue weighted by atomic mass is 16.4. The lowest BCUT2D eigenvalue weighted by atomic mass is 10.2. The molecule has 1 amide bonds. The predicted molar refractivity (Wildman–Crippen MR) is 79.4 cm³/mol. The lowest BCUT2D eigenvalue weighted by Gasteiger charge is -2.06. The van der Waals surface area contributed by atoms with E-state index in [1.807, 2.05) is 11.6 Å². The first-order chi connectivity index (χ1) is 9.90. The van der Waals surface area contributed by atoms with Gasteiger partial charge in [0.05, 0.1) is 11.4 Å². The molecule has 0 fully saturated rings. The van der Waals surface area contributed by atoms with E-state index >= 15 is 0 Å². The number of rotatable bonds is 5. The van der Waals surface area contributed by atoms with Gasteiger partial charge in [-0.1, -0.05) is 0 Å². The van der Waals surface area contributed by atoms with Gasteiger partial charge in [0.1, 0.15) is 0 Å². The van der Waals surface area contributed by atoms with Crippen LogP contribution in [-0.2, 0) is 6.54 Å². The van der Waals surface area contributed by atoms with Gasteiger partial charge >= 0.3 is 0 Å². The highest BCUT2D eigenvalue weighted by Gasteiger charge is 2.15. The number of nitrogens with one attached hydrogen (secondary N) is 1. The Morgan fingerprint density at radius 3 is 2.43 bits per heavy atom. The van der Waals surface area contributed by atoms with Gasteiger partial charge < -0.3 is 9.73 Å². The summed E-state index contributed by atoms with van der Waals surface area (Å²) in [7, 11) is 0. The third-order valence-corrected chi connectivity index (χ3v) is 3.69. The Bertz CT molecular complexity index is 655. The second kappa shape index (κ2) is 6.11. The highest BCUT2D eigenvalue weighted by Crippen LogP contribution is 2.11. The first kappa shape index (κ1) is 15.3. The molecule has 0 unspecified atom stereocenters. The molecule has 21 heavy (non-hydrogen) atoms. The van der Waals surface area contributed by atoms with Crippen LogP contribution in [0.15, 0.2) is 4.42 Å². The van der Waals surface area contributed by atoms with Gasteiger partial charge in [0, 0.05) is 25.7 Å². The lowest BCUT2D eigenvalue weighted by molar-refractivity contribution is 0.0922. The minimum atomic E-state index is -0.211. The van der Waals surface area contributed by atoms with E-state index in [4.69, 9.17) is 4.42 Å². The second-order valence-electron chi connectivity index (χ2n) is 5.28. The number of hydrogen-bond donors (Lipinski definition) is 1. The van der Waals surface area contributed by atoms with Gasteiger partial charge in [-0.05, 0) is 39.7 Å². The van der Waals surface area contributed by atoms with E-state index in [0.29, 0.717) is 23.9 Å². The van der Waals surface area contributed by atoms with Crippen LogP contribution in [0, 0.1) is 34.6 Å². The number of aryl methyl sites for hydroxylation is 4. The zero-order chi connectivity index (χ0) is 15.6. The van der Waals surface area contributed by atoms with Crippen LogP contribution in [0.5, 0.6) is 0 Å². The van der Waals surface area contributed by atoms with E-state index in [9.17, 15) is 4.79 Å². The van der Waals surface area contributed by atoms with Gasteiger partial charge in [-0.3, -0.25) is 9.48 Å². The zero-order valence-electron chi connectivity index (χ0n) is 13.3. The van der Waals surface area contributed by atoms with Gasteiger partial charge in [0.2, 0.25) is 5.76 Å². The van der Waals surface area contributed by atoms with E-state index < -0.39 is 0 Å². The maximum Gasteiger partial charge on any atom is 0.289 e. The molecule has 0 aromatic carbocycles. The summed E-state index contributed by atoms with van der Waals surface area (Å²) >= 11 is 0. The molecule has 2 rings (SSSR count). The molecule has 0 bridgehead atoms. The van der Waals surface area contributed by atoms with Crippen LogP contribution < -0.4 is 5.32 Å². The Morgan fingerprint density at radius 2 is 1.90 bits per heavy atom. The standard InChI is InChI=1S/C15H22N4O2/c1-9-10(2)18-19(12(9)4)8-6-7-16-15(20)14-11(3)17-13(5)21-14/h6-8H2,1-5H3,(H,16,20). The van der Waals surface area contributed by atoms with Crippen LogP contribution in [0.4, 0.5) is 0 Å². The average molecular weight is 290 g/mol. The summed E-state index contributed by atoms with van der Waals surface area (Å²) < 4.78 is 7.28. The van der Waals surface area contributed by atoms with Crippen molar-refractivity contribution in [2.75, 3.05) is 6.54 Å². The predicted octanol–water partition coefficient (Wildman–Crippen LogP) is 2.23. The molecule has 6 nitrogen and oxygen atoms in total. The first-order valence-electron chi connectivity index (χ1n) is 7.13. The van der Waals surface area contributed by atoms with E-state index in [2.05, 4.69) is 29.2 Å². The fourth-order valence-electron chi connectivity index (χ4n) is 2.26. The Hall–Kier alpha value is -2.11. The van der Waals surface area contributed by atoms with Gasteiger partial charge in [-0.25, -0.2) is 4.98 Å². The molecule has 2 heterocycles. The number of amides is 1. The summed E-state index contributed by atoms with van der Waals surface area (Å²) in [5, 5.41) is 7.33. The molecular weight excluding hydrogens is 268 g/mol. The van der Waals surface area contributed by atoms with Crippen molar-refractivity contribution in [2.24, 2.45) is 0 Å². The minimum Gasteiger partial charge on any atom is -0.436 e. The van der Waals surface area contributed by atoms with Gasteiger partial charge in [-0.15, -0.1) is 0 Å². The second-order valence-corrected chi connectivity index (χ2v) is 5.28. The Morgan fingerprint density at radius 1 is 1.19 bits per heavy atom. The molecule has 2 aromatic rings. The summed E-state index contributed by atoms with van der Waals surface area (Å²) in [6, 6.07) is 0. The molecule has 6 heteroatoms. The summed E-state index contributed by atoms with van der Waals surface area (Å²) in [6.45, 7) is 11.0. The largest absolute Gasteiger partial charge is 0.436 e. The SMILES string of the molecule is Cc1nc(C)c(C(=O)NCCCn2nc(C)c(C)c2C)o1. The van der Waals surface area contributed by atoms with Crippen molar-refractivity contribution < 1.29 is 9.21 Å². The maximum atomic E-state index is 11.9. The van der Waals surface area contributed by atoms with Crippen LogP contribution in [0.3, 0.4) is 0 Å². The molecular formula is C15H22N4O2. The summed E-state index contributed by atoms with van der Waals surface area (Å²) in [4.78, 5) is 16.0. The highest BCUT2D eigenvalue weighted by molar-refractivity contribution is 5.92. The van der Waals surface area contributed by atoms with Crippen LogP contribution >= 0.6 is 0 Å². The Balaban J connectivity index is 1.83. The average Bonchev–Trinajstić information content (AvgIpc) is 2.89. The van der Waals surface area contributed by atoms with E-state index in [0.717, 1.165) is 18.7 Å². The molecule has 0 aliphatic carbocycles. The van der Waals surface area contributed by atoms with Crippen molar-refractivity contribution in [3.05, 3.63) is 34.3 Å². The van der Waals surface area contributed by atoms with Crippen molar-refractivity contribution in [1.82, 2.24) is 20.1 Å². The number of hydrogen-bond acceptors (Lipinski definition) is 4. The lowest BCUT2D eigenvalue weighted by Crippen LogP contribution is -2.25. The fourth-order valence-corrected chi connectivity index (χ4v) is 2.26. The van der Waals surface area contributed by atoms with E-state index in [1.165, 1.54) is 11.3 Å². The molecule has 1 N–H and O–H groups in total. The summed E-state index contributed by atoms with van der Waals surface area (Å²) in [5.41, 5.74) is 4.09. The van der Waals surface area contributed by atoms with Crippen LogP contribution in [-0.4, -0.2) is 27.2 Å². The van der Waals surface area contributed by atoms with Crippen molar-refractivity contribution in [3.8, 4) is 0 Å². The Kier molecular flexibility index (Phi) is 4.45.